The molecular formula is C24H21F4N3Si. The van der Waals surface area contributed by atoms with Crippen LogP contribution in [0.1, 0.15) is 28.1 Å². The smallest absolute Gasteiger partial charge is 0.300 e. The number of fused-ring (bicyclic) bond motifs is 3. The number of alkyl halides is 4. The number of benzene rings is 2. The van der Waals surface area contributed by atoms with Crippen LogP contribution in [0.3, 0.4) is 0 Å². The van der Waals surface area contributed by atoms with Gasteiger partial charge in [-0.1, -0.05) is 55.9 Å². The van der Waals surface area contributed by atoms with E-state index in [2.05, 4.69) is 41.1 Å². The van der Waals surface area contributed by atoms with Crippen LogP contribution in [0.25, 0.3) is 5.69 Å². The molecule has 0 fully saturated rings. The molecule has 0 saturated heterocycles. The Kier molecular flexibility index (Phi) is 5.55. The van der Waals surface area contributed by atoms with Crippen molar-refractivity contribution in [2.45, 2.75) is 38.5 Å². The molecule has 0 saturated carbocycles. The summed E-state index contributed by atoms with van der Waals surface area (Å²) in [7, 11) is -1.61. The molecule has 0 amide bonds. The van der Waals surface area contributed by atoms with E-state index in [-0.39, 0.29) is 12.2 Å². The fourth-order valence-corrected chi connectivity index (χ4v) is 3.99. The second kappa shape index (κ2) is 8.06. The lowest BCUT2D eigenvalue weighted by Gasteiger charge is -2.15. The summed E-state index contributed by atoms with van der Waals surface area (Å²) in [5, 5.41) is 0. The van der Waals surface area contributed by atoms with Gasteiger partial charge in [-0.2, -0.15) is 8.78 Å². The molecule has 1 aromatic heterocycles. The van der Waals surface area contributed by atoms with E-state index in [9.17, 15) is 17.6 Å². The van der Waals surface area contributed by atoms with Gasteiger partial charge >= 0.3 is 12.3 Å². The van der Waals surface area contributed by atoms with Crippen LogP contribution in [0.4, 0.5) is 17.6 Å². The molecule has 0 N–H and O–H groups in total. The first-order chi connectivity index (χ1) is 15.1. The molecule has 32 heavy (non-hydrogen) atoms. The average Bonchev–Trinajstić information content (AvgIpc) is 3.10. The number of hydrogen-bond donors (Lipinski definition) is 0. The Morgan fingerprint density at radius 2 is 1.78 bits per heavy atom. The van der Waals surface area contributed by atoms with E-state index in [1.165, 1.54) is 4.57 Å². The molecule has 0 bridgehead atoms. The van der Waals surface area contributed by atoms with Gasteiger partial charge in [0.05, 0.1) is 23.6 Å². The summed E-state index contributed by atoms with van der Waals surface area (Å²) in [6.45, 7) is 6.22. The van der Waals surface area contributed by atoms with Gasteiger partial charge in [-0.05, 0) is 18.2 Å². The molecule has 2 heterocycles. The maximum atomic E-state index is 14.2. The van der Waals surface area contributed by atoms with E-state index in [4.69, 9.17) is 0 Å². The minimum absolute atomic E-state index is 0.0524. The molecule has 1 aliphatic heterocycles. The molecule has 8 heteroatoms. The quantitative estimate of drug-likeness (QED) is 0.279. The zero-order chi connectivity index (χ0) is 23.1. The fourth-order valence-electron chi connectivity index (χ4n) is 3.47. The second-order valence-corrected chi connectivity index (χ2v) is 13.3. The Bertz CT molecular complexity index is 1250. The molecule has 3 aromatic rings. The summed E-state index contributed by atoms with van der Waals surface area (Å²) in [6, 6.07) is 14.7. The SMILES string of the molecule is C[Si](C)(C)C#Cc1ccc2c(c1)C(c1ccccc1)=NCc1c(C(F)(F)C(F)F)ncn1-2. The summed E-state index contributed by atoms with van der Waals surface area (Å²) in [5.41, 5.74) is 5.71. The number of aromatic nitrogens is 2. The van der Waals surface area contributed by atoms with Crippen molar-refractivity contribution in [1.29, 1.82) is 0 Å². The number of rotatable bonds is 3. The van der Waals surface area contributed by atoms with Gasteiger partial charge in [0.15, 0.2) is 0 Å². The molecule has 164 valence electrons. The van der Waals surface area contributed by atoms with Crippen molar-refractivity contribution in [2.24, 2.45) is 4.99 Å². The Morgan fingerprint density at radius 1 is 1.06 bits per heavy atom. The Labute approximate surface area is 184 Å². The summed E-state index contributed by atoms with van der Waals surface area (Å²) >= 11 is 0. The summed E-state index contributed by atoms with van der Waals surface area (Å²) in [4.78, 5) is 8.23. The number of halogens is 4. The normalized spacial score (nSPS) is 13.6. The Morgan fingerprint density at radius 3 is 2.44 bits per heavy atom. The molecule has 0 radical (unpaired) electrons. The second-order valence-electron chi connectivity index (χ2n) is 8.60. The molecule has 0 unspecified atom stereocenters. The lowest BCUT2D eigenvalue weighted by molar-refractivity contribution is -0.138. The number of aliphatic imine (C=N–C) groups is 1. The molecule has 0 atom stereocenters. The van der Waals surface area contributed by atoms with Crippen LogP contribution in [0.15, 0.2) is 59.9 Å². The molecule has 3 nitrogen and oxygen atoms in total. The first-order valence-corrected chi connectivity index (χ1v) is 13.6. The van der Waals surface area contributed by atoms with Crippen LogP contribution >= 0.6 is 0 Å². The highest BCUT2D eigenvalue weighted by Gasteiger charge is 2.47. The van der Waals surface area contributed by atoms with E-state index in [1.54, 1.807) is 12.1 Å². The summed E-state index contributed by atoms with van der Waals surface area (Å²) in [5.74, 6) is -1.16. The zero-order valence-corrected chi connectivity index (χ0v) is 18.8. The Balaban J connectivity index is 1.94. The molecule has 0 aliphatic carbocycles. The van der Waals surface area contributed by atoms with E-state index in [1.807, 2.05) is 36.4 Å². The van der Waals surface area contributed by atoms with Gasteiger partial charge in [0.25, 0.3) is 0 Å². The maximum Gasteiger partial charge on any atom is 0.350 e. The highest BCUT2D eigenvalue weighted by molar-refractivity contribution is 6.83. The lowest BCUT2D eigenvalue weighted by atomic mass is 9.98. The van der Waals surface area contributed by atoms with Gasteiger partial charge in [0.2, 0.25) is 0 Å². The largest absolute Gasteiger partial charge is 0.350 e. The van der Waals surface area contributed by atoms with Gasteiger partial charge in [0.1, 0.15) is 20.1 Å². The van der Waals surface area contributed by atoms with Crippen LogP contribution in [0, 0.1) is 11.5 Å². The predicted octanol–water partition coefficient (Wildman–Crippen LogP) is 5.81. The first kappa shape index (κ1) is 22.0. The highest BCUT2D eigenvalue weighted by Crippen LogP contribution is 2.38. The third-order valence-corrected chi connectivity index (χ3v) is 5.86. The number of imidazole rings is 1. The third kappa shape index (κ3) is 4.13. The van der Waals surface area contributed by atoms with Gasteiger partial charge in [-0.3, -0.25) is 4.99 Å². The van der Waals surface area contributed by atoms with Crippen molar-refractivity contribution in [2.75, 3.05) is 0 Å². The number of nitrogens with zero attached hydrogens (tertiary/aromatic N) is 3. The van der Waals surface area contributed by atoms with Crippen LogP contribution in [0.2, 0.25) is 19.6 Å². The van der Waals surface area contributed by atoms with Crippen molar-refractivity contribution in [3.05, 3.63) is 82.9 Å². The van der Waals surface area contributed by atoms with Crippen LogP contribution in [-0.2, 0) is 12.5 Å². The molecule has 0 spiro atoms. The van der Waals surface area contributed by atoms with E-state index in [0.29, 0.717) is 17.0 Å². The van der Waals surface area contributed by atoms with Crippen LogP contribution < -0.4 is 0 Å². The Hall–Kier alpha value is -3.18. The van der Waals surface area contributed by atoms with Crippen molar-refractivity contribution >= 4 is 13.8 Å². The van der Waals surface area contributed by atoms with Gasteiger partial charge in [-0.25, -0.2) is 13.8 Å². The standard InChI is InChI=1S/C24H21F4N3Si/c1-32(2,3)12-11-16-9-10-19-18(13-16)21(17-7-5-4-6-8-17)29-14-20-22(30-15-31(19)20)24(27,28)23(25)26/h4-10,13,15,23H,14H2,1-3H3. The average molecular weight is 456 g/mol. The molecular weight excluding hydrogens is 434 g/mol. The van der Waals surface area contributed by atoms with E-state index in [0.717, 1.165) is 17.5 Å². The van der Waals surface area contributed by atoms with Crippen molar-refractivity contribution < 1.29 is 17.6 Å². The predicted molar refractivity (Wildman–Crippen MR) is 119 cm³/mol. The maximum absolute atomic E-state index is 14.2. The summed E-state index contributed by atoms with van der Waals surface area (Å²) < 4.78 is 56.0. The van der Waals surface area contributed by atoms with Gasteiger partial charge in [-0.15, -0.1) is 5.54 Å². The van der Waals surface area contributed by atoms with E-state index >= 15 is 0 Å². The molecule has 2 aromatic carbocycles. The van der Waals surface area contributed by atoms with Crippen LogP contribution in [-0.4, -0.2) is 29.8 Å². The third-order valence-electron chi connectivity index (χ3n) is 4.98. The summed E-state index contributed by atoms with van der Waals surface area (Å²) in [6.07, 6.45) is -2.70. The van der Waals surface area contributed by atoms with Gasteiger partial charge < -0.3 is 4.57 Å². The molecule has 1 aliphatic rings. The molecule has 4 rings (SSSR count). The van der Waals surface area contributed by atoms with Gasteiger partial charge in [0, 0.05) is 16.7 Å². The monoisotopic (exact) mass is 455 g/mol. The lowest BCUT2D eigenvalue weighted by Crippen LogP contribution is -2.25. The van der Waals surface area contributed by atoms with E-state index < -0.39 is 26.1 Å². The van der Waals surface area contributed by atoms with Crippen molar-refractivity contribution in [3.63, 3.8) is 0 Å². The fraction of sp³-hybridized carbons (Fsp3) is 0.250. The zero-order valence-electron chi connectivity index (χ0n) is 17.8. The number of hydrogen-bond acceptors (Lipinski definition) is 2. The van der Waals surface area contributed by atoms with Crippen molar-refractivity contribution in [1.82, 2.24) is 9.55 Å². The van der Waals surface area contributed by atoms with Crippen molar-refractivity contribution in [3.8, 4) is 17.2 Å². The minimum atomic E-state index is -4.36. The highest BCUT2D eigenvalue weighted by atomic mass is 28.3. The topological polar surface area (TPSA) is 30.2 Å². The first-order valence-electron chi connectivity index (χ1n) is 10.1. The minimum Gasteiger partial charge on any atom is -0.300 e. The van der Waals surface area contributed by atoms with Crippen LogP contribution in [0.5, 0.6) is 0 Å².